The summed E-state index contributed by atoms with van der Waals surface area (Å²) in [7, 11) is 0. The number of thiazole rings is 1. The Morgan fingerprint density at radius 3 is 2.58 bits per heavy atom. The Hall–Kier alpha value is -2.99. The molecule has 2 aromatic heterocycles. The van der Waals surface area contributed by atoms with E-state index in [9.17, 15) is 22.8 Å². The summed E-state index contributed by atoms with van der Waals surface area (Å²) in [6.45, 7) is 2.96. The summed E-state index contributed by atoms with van der Waals surface area (Å²) >= 11 is 0.916. The standard InChI is InChI=1S/C24H26F3N5O3S/c1-14(15-6-3-2-4-7-15)28-19(33)17-8-5-11-31(17)23-29-18-20(36-23)30-22(24(25,26)27)32(21(18)34)16-9-12-35-13-10-16/h2-4,6-7,14,16-17H,5,8-13H2,1H3,(H,28,33)/t14-,17-/m1/s1. The number of ether oxygens (including phenoxy) is 1. The number of anilines is 1. The van der Waals surface area contributed by atoms with Crippen LogP contribution in [0.15, 0.2) is 35.1 Å². The van der Waals surface area contributed by atoms with Gasteiger partial charge in [-0.1, -0.05) is 41.7 Å². The predicted octanol–water partition coefficient (Wildman–Crippen LogP) is 4.07. The minimum Gasteiger partial charge on any atom is -0.381 e. The number of aromatic nitrogens is 3. The molecule has 1 aromatic carbocycles. The minimum atomic E-state index is -4.79. The van der Waals surface area contributed by atoms with Crippen molar-refractivity contribution < 1.29 is 22.7 Å². The molecule has 0 spiro atoms. The molecule has 2 saturated heterocycles. The van der Waals surface area contributed by atoms with Crippen LogP contribution in [0.4, 0.5) is 18.3 Å². The van der Waals surface area contributed by atoms with E-state index < -0.39 is 29.6 Å². The first-order valence-electron chi connectivity index (χ1n) is 11.9. The van der Waals surface area contributed by atoms with Crippen molar-refractivity contribution in [1.29, 1.82) is 0 Å². The Morgan fingerprint density at radius 1 is 1.17 bits per heavy atom. The number of alkyl halides is 3. The molecule has 2 aliphatic rings. The normalized spacial score (nSPS) is 20.1. The number of hydrogen-bond acceptors (Lipinski definition) is 7. The quantitative estimate of drug-likeness (QED) is 0.545. The van der Waals surface area contributed by atoms with E-state index in [4.69, 9.17) is 4.74 Å². The zero-order chi connectivity index (χ0) is 25.4. The number of nitrogens with one attached hydrogen (secondary N) is 1. The molecule has 1 amide bonds. The van der Waals surface area contributed by atoms with E-state index >= 15 is 0 Å². The van der Waals surface area contributed by atoms with E-state index in [2.05, 4.69) is 15.3 Å². The van der Waals surface area contributed by atoms with E-state index in [1.54, 1.807) is 4.90 Å². The molecule has 8 nitrogen and oxygen atoms in total. The van der Waals surface area contributed by atoms with E-state index in [1.807, 2.05) is 37.3 Å². The summed E-state index contributed by atoms with van der Waals surface area (Å²) in [4.78, 5) is 36.4. The lowest BCUT2D eigenvalue weighted by molar-refractivity contribution is -0.149. The van der Waals surface area contributed by atoms with Gasteiger partial charge in [-0.05, 0) is 38.2 Å². The molecule has 0 saturated carbocycles. The Morgan fingerprint density at radius 2 is 1.89 bits per heavy atom. The molecule has 0 radical (unpaired) electrons. The SMILES string of the molecule is C[C@@H](NC(=O)[C@H]1CCCN1c1nc2c(=O)n(C3CCOCC3)c(C(F)(F)F)nc2s1)c1ccccc1. The van der Waals surface area contributed by atoms with Gasteiger partial charge >= 0.3 is 6.18 Å². The smallest absolute Gasteiger partial charge is 0.381 e. The second-order valence-corrected chi connectivity index (χ2v) is 10.1. The molecule has 2 atom stereocenters. The van der Waals surface area contributed by atoms with Gasteiger partial charge in [-0.25, -0.2) is 9.97 Å². The molecule has 192 valence electrons. The van der Waals surface area contributed by atoms with Crippen LogP contribution in [0.2, 0.25) is 0 Å². The van der Waals surface area contributed by atoms with Crippen LogP contribution < -0.4 is 15.8 Å². The molecule has 2 fully saturated rings. The van der Waals surface area contributed by atoms with Gasteiger partial charge in [-0.3, -0.25) is 14.2 Å². The maximum atomic E-state index is 13.9. The maximum absolute atomic E-state index is 13.9. The van der Waals surface area contributed by atoms with E-state index in [-0.39, 0.29) is 35.5 Å². The molecule has 12 heteroatoms. The van der Waals surface area contributed by atoms with Crippen LogP contribution in [0, 0.1) is 0 Å². The number of halogens is 3. The molecule has 5 rings (SSSR count). The Kier molecular flexibility index (Phi) is 6.73. The summed E-state index contributed by atoms with van der Waals surface area (Å²) < 4.78 is 47.7. The number of hydrogen-bond donors (Lipinski definition) is 1. The number of benzene rings is 1. The minimum absolute atomic E-state index is 0.0747. The fourth-order valence-electron chi connectivity index (χ4n) is 4.88. The van der Waals surface area contributed by atoms with Gasteiger partial charge in [0.2, 0.25) is 11.7 Å². The lowest BCUT2D eigenvalue weighted by Crippen LogP contribution is -2.44. The highest BCUT2D eigenvalue weighted by Gasteiger charge is 2.41. The first-order valence-corrected chi connectivity index (χ1v) is 12.8. The average Bonchev–Trinajstić information content (AvgIpc) is 3.52. The monoisotopic (exact) mass is 521 g/mol. The second kappa shape index (κ2) is 9.81. The maximum Gasteiger partial charge on any atom is 0.449 e. The van der Waals surface area contributed by atoms with Gasteiger partial charge in [0.15, 0.2) is 15.5 Å². The molecule has 2 aliphatic heterocycles. The van der Waals surface area contributed by atoms with Crippen molar-refractivity contribution in [3.05, 3.63) is 52.1 Å². The third-order valence-electron chi connectivity index (χ3n) is 6.72. The van der Waals surface area contributed by atoms with Gasteiger partial charge in [-0.2, -0.15) is 13.2 Å². The fourth-order valence-corrected chi connectivity index (χ4v) is 5.89. The lowest BCUT2D eigenvalue weighted by Gasteiger charge is -2.26. The molecule has 1 N–H and O–H groups in total. The summed E-state index contributed by atoms with van der Waals surface area (Å²) in [5, 5.41) is 3.35. The van der Waals surface area contributed by atoms with Gasteiger partial charge < -0.3 is 15.0 Å². The van der Waals surface area contributed by atoms with Gasteiger partial charge in [0.25, 0.3) is 5.56 Å². The predicted molar refractivity (Wildman–Crippen MR) is 129 cm³/mol. The van der Waals surface area contributed by atoms with Crippen molar-refractivity contribution in [2.75, 3.05) is 24.7 Å². The number of fused-ring (bicyclic) bond motifs is 1. The van der Waals surface area contributed by atoms with Crippen LogP contribution in [0.5, 0.6) is 0 Å². The van der Waals surface area contributed by atoms with Crippen molar-refractivity contribution >= 4 is 32.7 Å². The summed E-state index contributed by atoms with van der Waals surface area (Å²) in [5.74, 6) is -1.40. The first kappa shape index (κ1) is 24.7. The summed E-state index contributed by atoms with van der Waals surface area (Å²) in [6.07, 6.45) is -2.90. The zero-order valence-corrected chi connectivity index (χ0v) is 20.4. The van der Waals surface area contributed by atoms with Crippen molar-refractivity contribution in [1.82, 2.24) is 19.9 Å². The van der Waals surface area contributed by atoms with Crippen LogP contribution in [0.3, 0.4) is 0 Å². The molecule has 0 aliphatic carbocycles. The van der Waals surface area contributed by atoms with E-state index in [1.165, 1.54) is 0 Å². The average molecular weight is 522 g/mol. The number of carbonyl (C=O) groups is 1. The van der Waals surface area contributed by atoms with Gasteiger partial charge in [0.1, 0.15) is 6.04 Å². The summed E-state index contributed by atoms with van der Waals surface area (Å²) in [6, 6.07) is 8.16. The lowest BCUT2D eigenvalue weighted by atomic mass is 10.1. The Bertz CT molecular complexity index is 1300. The third-order valence-corrected chi connectivity index (χ3v) is 7.71. The zero-order valence-electron chi connectivity index (χ0n) is 19.6. The number of carbonyl (C=O) groups excluding carboxylic acids is 1. The van der Waals surface area contributed by atoms with Crippen LogP contribution in [0.1, 0.15) is 56.1 Å². The van der Waals surface area contributed by atoms with Crippen LogP contribution in [-0.2, 0) is 15.7 Å². The second-order valence-electron chi connectivity index (χ2n) is 9.09. The highest BCUT2D eigenvalue weighted by molar-refractivity contribution is 7.21. The molecule has 0 bridgehead atoms. The molecular formula is C24H26F3N5O3S. The van der Waals surface area contributed by atoms with Crippen LogP contribution >= 0.6 is 11.3 Å². The highest BCUT2D eigenvalue weighted by atomic mass is 32.1. The van der Waals surface area contributed by atoms with E-state index in [0.29, 0.717) is 30.9 Å². The number of rotatable bonds is 5. The topological polar surface area (TPSA) is 89.4 Å². The molecule has 3 aromatic rings. The van der Waals surface area contributed by atoms with Gasteiger partial charge in [0.05, 0.1) is 6.04 Å². The number of amides is 1. The fraction of sp³-hybridized carbons (Fsp3) is 0.500. The third kappa shape index (κ3) is 4.71. The highest BCUT2D eigenvalue weighted by Crippen LogP contribution is 2.36. The number of nitrogens with zero attached hydrogens (tertiary/aromatic N) is 4. The Balaban J connectivity index is 1.47. The molecule has 4 heterocycles. The summed E-state index contributed by atoms with van der Waals surface area (Å²) in [5.41, 5.74) is 0.0609. The molecule has 0 unspecified atom stereocenters. The first-order chi connectivity index (χ1) is 17.2. The Labute approximate surface area is 209 Å². The van der Waals surface area contributed by atoms with Crippen molar-refractivity contribution in [3.8, 4) is 0 Å². The van der Waals surface area contributed by atoms with Crippen molar-refractivity contribution in [2.24, 2.45) is 0 Å². The molecule has 36 heavy (non-hydrogen) atoms. The largest absolute Gasteiger partial charge is 0.449 e. The van der Waals surface area contributed by atoms with Gasteiger partial charge in [-0.15, -0.1) is 0 Å². The molecular weight excluding hydrogens is 495 g/mol. The van der Waals surface area contributed by atoms with E-state index in [0.717, 1.165) is 27.9 Å². The van der Waals surface area contributed by atoms with Crippen molar-refractivity contribution in [2.45, 2.75) is 56.9 Å². The van der Waals surface area contributed by atoms with Gasteiger partial charge in [0, 0.05) is 25.8 Å². The van der Waals surface area contributed by atoms with Crippen molar-refractivity contribution in [3.63, 3.8) is 0 Å². The van der Waals surface area contributed by atoms with Crippen LogP contribution in [0.25, 0.3) is 10.3 Å². The van der Waals surface area contributed by atoms with Crippen LogP contribution in [-0.4, -0.2) is 46.2 Å².